The molecule has 2 aromatic carbocycles. The van der Waals surface area contributed by atoms with Crippen LogP contribution in [0.25, 0.3) is 5.69 Å². The van der Waals surface area contributed by atoms with Crippen molar-refractivity contribution in [1.29, 1.82) is 0 Å². The zero-order valence-electron chi connectivity index (χ0n) is 14.2. The molecule has 0 aliphatic rings. The van der Waals surface area contributed by atoms with E-state index < -0.39 is 0 Å². The first-order chi connectivity index (χ1) is 12.1. The number of tetrazole rings is 1. The molecule has 0 atom stereocenters. The molecule has 1 N–H and O–H groups in total. The van der Waals surface area contributed by atoms with Crippen LogP contribution in [0, 0.1) is 13.8 Å². The standard InChI is InChI=1S/C18H20N4O2S/c1-13-4-5-14(2)17(12-13)24-10-3-11-25-18-19-20-21-22(18)15-6-8-16(23)9-7-15/h4-9,12,23H,3,10-11H2,1-2H3. The van der Waals surface area contributed by atoms with E-state index in [1.54, 1.807) is 40.7 Å². The van der Waals surface area contributed by atoms with Gasteiger partial charge in [0.25, 0.3) is 0 Å². The third-order valence-electron chi connectivity index (χ3n) is 3.66. The van der Waals surface area contributed by atoms with Crippen molar-refractivity contribution in [3.63, 3.8) is 0 Å². The van der Waals surface area contributed by atoms with Crippen LogP contribution in [0.3, 0.4) is 0 Å². The molecule has 1 aromatic heterocycles. The summed E-state index contributed by atoms with van der Waals surface area (Å²) >= 11 is 1.58. The second-order valence-electron chi connectivity index (χ2n) is 5.71. The summed E-state index contributed by atoms with van der Waals surface area (Å²) in [5.41, 5.74) is 3.16. The highest BCUT2D eigenvalue weighted by Crippen LogP contribution is 2.22. The molecule has 0 unspecified atom stereocenters. The Bertz CT molecular complexity index is 833. The molecule has 1 heterocycles. The molecule has 0 saturated heterocycles. The van der Waals surface area contributed by atoms with Crippen LogP contribution < -0.4 is 4.74 Å². The Morgan fingerprint density at radius 3 is 2.72 bits per heavy atom. The molecule has 0 fully saturated rings. The zero-order chi connectivity index (χ0) is 17.6. The van der Waals surface area contributed by atoms with Crippen LogP contribution in [0.4, 0.5) is 0 Å². The van der Waals surface area contributed by atoms with Crippen LogP contribution in [0.2, 0.25) is 0 Å². The summed E-state index contributed by atoms with van der Waals surface area (Å²) < 4.78 is 7.53. The molecular formula is C18H20N4O2S. The fourth-order valence-electron chi connectivity index (χ4n) is 2.29. The third-order valence-corrected chi connectivity index (χ3v) is 4.66. The van der Waals surface area contributed by atoms with Crippen LogP contribution in [0.5, 0.6) is 11.5 Å². The van der Waals surface area contributed by atoms with Gasteiger partial charge in [0.1, 0.15) is 11.5 Å². The molecular weight excluding hydrogens is 336 g/mol. The number of rotatable bonds is 7. The number of aromatic nitrogens is 4. The van der Waals surface area contributed by atoms with Crippen LogP contribution in [-0.2, 0) is 0 Å². The molecule has 25 heavy (non-hydrogen) atoms. The van der Waals surface area contributed by atoms with E-state index in [0.29, 0.717) is 6.61 Å². The molecule has 3 rings (SSSR count). The van der Waals surface area contributed by atoms with Crippen LogP contribution in [0.1, 0.15) is 17.5 Å². The molecule has 3 aromatic rings. The summed E-state index contributed by atoms with van der Waals surface area (Å²) in [6.45, 7) is 4.76. The van der Waals surface area contributed by atoms with Gasteiger partial charge in [-0.1, -0.05) is 23.9 Å². The number of phenols is 1. The topological polar surface area (TPSA) is 73.1 Å². The Morgan fingerprint density at radius 2 is 1.92 bits per heavy atom. The lowest BCUT2D eigenvalue weighted by Gasteiger charge is -2.09. The number of phenolic OH excluding ortho intramolecular Hbond substituents is 1. The highest BCUT2D eigenvalue weighted by atomic mass is 32.2. The monoisotopic (exact) mass is 356 g/mol. The minimum absolute atomic E-state index is 0.217. The molecule has 0 bridgehead atoms. The fourth-order valence-corrected chi connectivity index (χ4v) is 3.10. The molecule has 0 aliphatic heterocycles. The number of ether oxygens (including phenoxy) is 1. The van der Waals surface area contributed by atoms with E-state index in [0.717, 1.165) is 34.3 Å². The third kappa shape index (κ3) is 4.51. The average Bonchev–Trinajstić information content (AvgIpc) is 3.07. The van der Waals surface area contributed by atoms with Gasteiger partial charge in [-0.2, -0.15) is 4.68 Å². The normalized spacial score (nSPS) is 10.8. The van der Waals surface area contributed by atoms with Crippen LogP contribution >= 0.6 is 11.8 Å². The summed E-state index contributed by atoms with van der Waals surface area (Å²) in [5.74, 6) is 2.01. The number of hydrogen-bond acceptors (Lipinski definition) is 6. The first-order valence-corrected chi connectivity index (χ1v) is 9.03. The summed E-state index contributed by atoms with van der Waals surface area (Å²) in [7, 11) is 0. The second-order valence-corrected chi connectivity index (χ2v) is 6.77. The summed E-state index contributed by atoms with van der Waals surface area (Å²) in [6, 6.07) is 13.0. The molecule has 6 nitrogen and oxygen atoms in total. The van der Waals surface area contributed by atoms with Crippen molar-refractivity contribution in [3.8, 4) is 17.2 Å². The first-order valence-electron chi connectivity index (χ1n) is 8.04. The highest BCUT2D eigenvalue weighted by molar-refractivity contribution is 7.99. The van der Waals surface area contributed by atoms with Crippen LogP contribution in [-0.4, -0.2) is 37.7 Å². The maximum absolute atomic E-state index is 9.37. The maximum atomic E-state index is 9.37. The average molecular weight is 356 g/mol. The minimum Gasteiger partial charge on any atom is -0.508 e. The predicted molar refractivity (Wildman–Crippen MR) is 97.6 cm³/mol. The molecule has 7 heteroatoms. The number of aryl methyl sites for hydroxylation is 2. The van der Waals surface area contributed by atoms with E-state index in [-0.39, 0.29) is 5.75 Å². The van der Waals surface area contributed by atoms with Crippen molar-refractivity contribution in [1.82, 2.24) is 20.2 Å². The van der Waals surface area contributed by atoms with Crippen molar-refractivity contribution < 1.29 is 9.84 Å². The molecule has 0 spiro atoms. The quantitative estimate of drug-likeness (QED) is 0.515. The van der Waals surface area contributed by atoms with Crippen molar-refractivity contribution in [2.24, 2.45) is 0 Å². The van der Waals surface area contributed by atoms with Crippen molar-refractivity contribution in [2.45, 2.75) is 25.4 Å². The Morgan fingerprint density at radius 1 is 1.12 bits per heavy atom. The van der Waals surface area contributed by atoms with Crippen LogP contribution in [0.15, 0.2) is 47.6 Å². The minimum atomic E-state index is 0.217. The number of nitrogens with zero attached hydrogens (tertiary/aromatic N) is 4. The van der Waals surface area contributed by atoms with Crippen molar-refractivity contribution in [3.05, 3.63) is 53.6 Å². The van der Waals surface area contributed by atoms with Gasteiger partial charge < -0.3 is 9.84 Å². The number of hydrogen-bond donors (Lipinski definition) is 1. The lowest BCUT2D eigenvalue weighted by Crippen LogP contribution is -2.02. The van der Waals surface area contributed by atoms with Gasteiger partial charge in [-0.15, -0.1) is 5.10 Å². The molecule has 130 valence electrons. The number of benzene rings is 2. The fraction of sp³-hybridized carbons (Fsp3) is 0.278. The van der Waals surface area contributed by atoms with E-state index in [1.165, 1.54) is 5.56 Å². The Hall–Kier alpha value is -2.54. The van der Waals surface area contributed by atoms with E-state index >= 15 is 0 Å². The smallest absolute Gasteiger partial charge is 0.214 e. The second kappa shape index (κ2) is 8.02. The predicted octanol–water partition coefficient (Wildman–Crippen LogP) is 3.55. The van der Waals surface area contributed by atoms with Gasteiger partial charge >= 0.3 is 0 Å². The largest absolute Gasteiger partial charge is 0.508 e. The zero-order valence-corrected chi connectivity index (χ0v) is 15.0. The van der Waals surface area contributed by atoms with Gasteiger partial charge in [0.2, 0.25) is 5.16 Å². The van der Waals surface area contributed by atoms with Gasteiger partial charge in [-0.25, -0.2) is 0 Å². The van der Waals surface area contributed by atoms with E-state index in [4.69, 9.17) is 4.74 Å². The lowest BCUT2D eigenvalue weighted by atomic mass is 10.1. The molecule has 0 radical (unpaired) electrons. The lowest BCUT2D eigenvalue weighted by molar-refractivity contribution is 0.316. The Kier molecular flexibility index (Phi) is 5.55. The summed E-state index contributed by atoms with van der Waals surface area (Å²) in [4.78, 5) is 0. The van der Waals surface area contributed by atoms with Gasteiger partial charge in [0, 0.05) is 5.75 Å². The number of aromatic hydroxyl groups is 1. The van der Waals surface area contributed by atoms with Gasteiger partial charge in [0.05, 0.1) is 12.3 Å². The van der Waals surface area contributed by atoms with Crippen molar-refractivity contribution >= 4 is 11.8 Å². The van der Waals surface area contributed by atoms with Gasteiger partial charge in [0.15, 0.2) is 0 Å². The van der Waals surface area contributed by atoms with E-state index in [1.807, 2.05) is 0 Å². The molecule has 0 amide bonds. The summed E-state index contributed by atoms with van der Waals surface area (Å²) in [5, 5.41) is 21.9. The summed E-state index contributed by atoms with van der Waals surface area (Å²) in [6.07, 6.45) is 0.889. The van der Waals surface area contributed by atoms with Gasteiger partial charge in [-0.3, -0.25) is 0 Å². The SMILES string of the molecule is Cc1ccc(C)c(OCCCSc2nnnn2-c2ccc(O)cc2)c1. The Labute approximate surface area is 150 Å². The first kappa shape index (κ1) is 17.3. The maximum Gasteiger partial charge on any atom is 0.214 e. The van der Waals surface area contributed by atoms with Crippen molar-refractivity contribution in [2.75, 3.05) is 12.4 Å². The van der Waals surface area contributed by atoms with E-state index in [2.05, 4.69) is 47.6 Å². The number of thioether (sulfide) groups is 1. The van der Waals surface area contributed by atoms with E-state index in [9.17, 15) is 5.11 Å². The Balaban J connectivity index is 1.51. The molecule has 0 saturated carbocycles. The van der Waals surface area contributed by atoms with Gasteiger partial charge in [-0.05, 0) is 72.2 Å². The molecule has 0 aliphatic carbocycles. The highest BCUT2D eigenvalue weighted by Gasteiger charge is 2.09.